The molecule has 2 N–H and O–H groups in total. The van der Waals surface area contributed by atoms with E-state index in [1.165, 1.54) is 36.3 Å². The van der Waals surface area contributed by atoms with Gasteiger partial charge in [-0.05, 0) is 41.2 Å². The molecule has 12 heteroatoms. The van der Waals surface area contributed by atoms with Crippen molar-refractivity contribution in [1.82, 2.24) is 15.5 Å². The van der Waals surface area contributed by atoms with Crippen LogP contribution in [0.1, 0.15) is 50.3 Å². The van der Waals surface area contributed by atoms with Gasteiger partial charge in [-0.2, -0.15) is 16.7 Å². The summed E-state index contributed by atoms with van der Waals surface area (Å²) in [5.74, 6) is 0.705. The molecular weight excluding hydrogens is 534 g/mol. The van der Waals surface area contributed by atoms with Gasteiger partial charge in [0.25, 0.3) is 5.91 Å². The van der Waals surface area contributed by atoms with Crippen LogP contribution in [0, 0.1) is 6.92 Å². The van der Waals surface area contributed by atoms with Gasteiger partial charge in [-0.1, -0.05) is 11.2 Å². The lowest BCUT2D eigenvalue weighted by Crippen LogP contribution is -2.30. The highest BCUT2D eigenvalue weighted by molar-refractivity contribution is 9.10. The summed E-state index contributed by atoms with van der Waals surface area (Å²) in [5.41, 5.74) is 0.574. The topological polar surface area (TPSA) is 124 Å². The van der Waals surface area contributed by atoms with Crippen LogP contribution >= 0.6 is 39.0 Å². The Morgan fingerprint density at radius 2 is 2.21 bits per heavy atom. The largest absolute Gasteiger partial charge is 0.507 e. The molecule has 0 unspecified atom stereocenters. The molecule has 1 amide bonds. The third-order valence-electron chi connectivity index (χ3n) is 4.44. The molecule has 0 spiro atoms. The van der Waals surface area contributed by atoms with Crippen LogP contribution in [-0.2, 0) is 10.5 Å². The zero-order chi connectivity index (χ0) is 24.0. The summed E-state index contributed by atoms with van der Waals surface area (Å²) >= 11 is 6.08. The van der Waals surface area contributed by atoms with Crippen LogP contribution in [0.5, 0.6) is 11.5 Å². The molecule has 0 bridgehead atoms. The lowest BCUT2D eigenvalue weighted by molar-refractivity contribution is 0.0523. The standard InChI is InChI=1S/C21H22BrN3O6S2/c1-4-30-21(28)17-12(14(26)8-15(29-3)18(17)22)9-32-10-13(20-23-11(2)25-31-20)24-19(27)16-6-5-7-33-16/h5-8,13,26H,4,9-10H2,1-3H3,(H,24,27)/t13-/m0/s1. The van der Waals surface area contributed by atoms with E-state index < -0.39 is 12.0 Å². The van der Waals surface area contributed by atoms with Crippen LogP contribution in [0.25, 0.3) is 0 Å². The van der Waals surface area contributed by atoms with E-state index in [9.17, 15) is 14.7 Å². The predicted octanol–water partition coefficient (Wildman–Crippen LogP) is 4.50. The Kier molecular flexibility index (Phi) is 8.75. The monoisotopic (exact) mass is 555 g/mol. The smallest absolute Gasteiger partial charge is 0.339 e. The maximum atomic E-state index is 12.6. The second-order valence-electron chi connectivity index (χ2n) is 6.68. The van der Waals surface area contributed by atoms with Crippen molar-refractivity contribution in [1.29, 1.82) is 0 Å². The molecule has 0 fully saturated rings. The molecule has 0 aliphatic heterocycles. The van der Waals surface area contributed by atoms with Gasteiger partial charge in [0.15, 0.2) is 5.82 Å². The van der Waals surface area contributed by atoms with Crippen molar-refractivity contribution in [2.45, 2.75) is 25.6 Å². The van der Waals surface area contributed by atoms with Crippen molar-refractivity contribution < 1.29 is 28.7 Å². The number of hydrogen-bond donors (Lipinski definition) is 2. The number of carbonyl (C=O) groups excluding carboxylic acids is 2. The number of amides is 1. The van der Waals surface area contributed by atoms with E-state index in [2.05, 4.69) is 31.4 Å². The first kappa shape index (κ1) is 25.1. The van der Waals surface area contributed by atoms with Crippen LogP contribution in [0.3, 0.4) is 0 Å². The zero-order valence-electron chi connectivity index (χ0n) is 18.1. The molecule has 176 valence electrons. The van der Waals surface area contributed by atoms with Crippen molar-refractivity contribution in [3.05, 3.63) is 55.8 Å². The SMILES string of the molecule is CCOC(=O)c1c(Br)c(OC)cc(O)c1CSC[C@H](NC(=O)c1cccs1)c1nc(C)no1. The second kappa shape index (κ2) is 11.5. The number of aromatic nitrogens is 2. The summed E-state index contributed by atoms with van der Waals surface area (Å²) in [6.45, 7) is 3.58. The number of esters is 1. The van der Waals surface area contributed by atoms with Crippen molar-refractivity contribution in [2.75, 3.05) is 19.5 Å². The highest BCUT2D eigenvalue weighted by Crippen LogP contribution is 2.39. The Morgan fingerprint density at radius 1 is 1.42 bits per heavy atom. The number of thiophene rings is 1. The molecule has 1 aromatic carbocycles. The van der Waals surface area contributed by atoms with Gasteiger partial charge in [-0.3, -0.25) is 4.79 Å². The van der Waals surface area contributed by atoms with E-state index in [0.717, 1.165) is 0 Å². The predicted molar refractivity (Wildman–Crippen MR) is 128 cm³/mol. The number of phenolic OH excluding ortho intramolecular Hbond substituents is 1. The fourth-order valence-electron chi connectivity index (χ4n) is 2.91. The summed E-state index contributed by atoms with van der Waals surface area (Å²) in [5, 5.41) is 19.1. The van der Waals surface area contributed by atoms with E-state index in [0.29, 0.717) is 32.2 Å². The normalized spacial score (nSPS) is 11.8. The lowest BCUT2D eigenvalue weighted by atomic mass is 10.1. The molecule has 1 atom stereocenters. The fourth-order valence-corrected chi connectivity index (χ4v) is 5.29. The molecule has 0 aliphatic rings. The van der Waals surface area contributed by atoms with Crippen molar-refractivity contribution in [3.63, 3.8) is 0 Å². The van der Waals surface area contributed by atoms with Gasteiger partial charge in [0.2, 0.25) is 5.89 Å². The number of phenols is 1. The Labute approximate surface area is 207 Å². The average Bonchev–Trinajstić information content (AvgIpc) is 3.47. The average molecular weight is 556 g/mol. The van der Waals surface area contributed by atoms with Crippen molar-refractivity contribution in [3.8, 4) is 11.5 Å². The highest BCUT2D eigenvalue weighted by atomic mass is 79.9. The summed E-state index contributed by atoms with van der Waals surface area (Å²) < 4.78 is 16.1. The van der Waals surface area contributed by atoms with Crippen molar-refractivity contribution >= 4 is 50.9 Å². The number of aromatic hydroxyl groups is 1. The van der Waals surface area contributed by atoms with Crippen molar-refractivity contribution in [2.24, 2.45) is 0 Å². The molecule has 0 saturated carbocycles. The summed E-state index contributed by atoms with van der Waals surface area (Å²) in [4.78, 5) is 30.0. The van der Waals surface area contributed by atoms with E-state index >= 15 is 0 Å². The number of nitrogens with one attached hydrogen (secondary N) is 1. The minimum absolute atomic E-state index is 0.0987. The molecule has 3 rings (SSSR count). The van der Waals surface area contributed by atoms with Crippen LogP contribution < -0.4 is 10.1 Å². The maximum absolute atomic E-state index is 12.6. The summed E-state index contributed by atoms with van der Waals surface area (Å²) in [6, 6.07) is 4.38. The zero-order valence-corrected chi connectivity index (χ0v) is 21.3. The summed E-state index contributed by atoms with van der Waals surface area (Å²) in [6.07, 6.45) is 0. The number of methoxy groups -OCH3 is 1. The van der Waals surface area contributed by atoms with Gasteiger partial charge in [-0.25, -0.2) is 4.79 Å². The number of halogens is 1. The molecule has 0 radical (unpaired) electrons. The van der Waals surface area contributed by atoms with Gasteiger partial charge in [0, 0.05) is 23.1 Å². The first-order chi connectivity index (χ1) is 15.8. The Balaban J connectivity index is 1.81. The van der Waals surface area contributed by atoms with Gasteiger partial charge in [0.05, 0.1) is 28.6 Å². The van der Waals surface area contributed by atoms with Gasteiger partial charge in [-0.15, -0.1) is 11.3 Å². The Morgan fingerprint density at radius 3 is 2.82 bits per heavy atom. The quantitative estimate of drug-likeness (QED) is 0.348. The first-order valence-electron chi connectivity index (χ1n) is 9.83. The van der Waals surface area contributed by atoms with E-state index in [1.54, 1.807) is 26.0 Å². The molecule has 9 nitrogen and oxygen atoms in total. The first-order valence-corrected chi connectivity index (χ1v) is 12.7. The number of rotatable bonds is 10. The molecule has 2 aromatic heterocycles. The molecule has 3 aromatic rings. The second-order valence-corrected chi connectivity index (χ2v) is 9.46. The van der Waals surface area contributed by atoms with Gasteiger partial charge < -0.3 is 24.4 Å². The molecule has 0 saturated heterocycles. The third kappa shape index (κ3) is 6.06. The number of hydrogen-bond acceptors (Lipinski definition) is 10. The molecule has 2 heterocycles. The van der Waals surface area contributed by atoms with Gasteiger partial charge in [0.1, 0.15) is 17.5 Å². The third-order valence-corrected chi connectivity index (χ3v) is 7.15. The number of ether oxygens (including phenoxy) is 2. The summed E-state index contributed by atoms with van der Waals surface area (Å²) in [7, 11) is 1.44. The lowest BCUT2D eigenvalue weighted by Gasteiger charge is -2.17. The minimum atomic E-state index is -0.579. The highest BCUT2D eigenvalue weighted by Gasteiger charge is 2.26. The maximum Gasteiger partial charge on any atom is 0.339 e. The number of thioether (sulfide) groups is 1. The fraction of sp³-hybridized carbons (Fsp3) is 0.333. The van der Waals surface area contributed by atoms with Crippen LogP contribution in [-0.4, -0.2) is 46.6 Å². The van der Waals surface area contributed by atoms with Crippen LogP contribution in [0.15, 0.2) is 32.6 Å². The Bertz CT molecular complexity index is 1120. The molecule has 33 heavy (non-hydrogen) atoms. The molecular formula is C21H22BrN3O6S2. The van der Waals surface area contributed by atoms with E-state index in [-0.39, 0.29) is 35.5 Å². The van der Waals surface area contributed by atoms with Crippen LogP contribution in [0.2, 0.25) is 0 Å². The number of nitrogens with zero attached hydrogens (tertiary/aromatic N) is 2. The number of carbonyl (C=O) groups is 2. The van der Waals surface area contributed by atoms with E-state index in [4.69, 9.17) is 14.0 Å². The molecule has 0 aliphatic carbocycles. The van der Waals surface area contributed by atoms with Gasteiger partial charge >= 0.3 is 5.97 Å². The minimum Gasteiger partial charge on any atom is -0.507 e. The number of benzene rings is 1. The number of aryl methyl sites for hydroxylation is 1. The van der Waals surface area contributed by atoms with Crippen LogP contribution in [0.4, 0.5) is 0 Å². The van der Waals surface area contributed by atoms with E-state index in [1.807, 2.05) is 5.38 Å². The Hall–Kier alpha value is -2.57.